The third kappa shape index (κ3) is 2.69. The van der Waals surface area contributed by atoms with Crippen molar-refractivity contribution in [3.05, 3.63) is 16.1 Å². The van der Waals surface area contributed by atoms with Gasteiger partial charge in [0.1, 0.15) is 5.54 Å². The summed E-state index contributed by atoms with van der Waals surface area (Å²) < 4.78 is 38.1. The van der Waals surface area contributed by atoms with Gasteiger partial charge in [0, 0.05) is 17.3 Å². The van der Waals surface area contributed by atoms with Crippen molar-refractivity contribution in [3.63, 3.8) is 0 Å². The van der Waals surface area contributed by atoms with E-state index in [1.807, 2.05) is 26.2 Å². The molecular weight excluding hydrogens is 261 g/mol. The molecule has 0 spiro atoms. The van der Waals surface area contributed by atoms with Crippen LogP contribution >= 0.6 is 11.3 Å². The van der Waals surface area contributed by atoms with Crippen LogP contribution in [-0.4, -0.2) is 16.7 Å². The summed E-state index contributed by atoms with van der Waals surface area (Å²) in [6.45, 7) is 6.31. The van der Waals surface area contributed by atoms with Crippen LogP contribution in [0.1, 0.15) is 44.3 Å². The van der Waals surface area contributed by atoms with Gasteiger partial charge >= 0.3 is 6.18 Å². The fourth-order valence-corrected chi connectivity index (χ4v) is 2.59. The van der Waals surface area contributed by atoms with Crippen molar-refractivity contribution in [2.24, 2.45) is 0 Å². The van der Waals surface area contributed by atoms with E-state index in [1.165, 1.54) is 11.3 Å². The van der Waals surface area contributed by atoms with Crippen LogP contribution in [0, 0.1) is 0 Å². The molecule has 1 aromatic rings. The zero-order valence-corrected chi connectivity index (χ0v) is 11.5. The molecule has 1 fully saturated rings. The summed E-state index contributed by atoms with van der Waals surface area (Å²) in [6, 6.07) is 0. The number of nitrogens with one attached hydrogen (secondary N) is 1. The second-order valence-electron chi connectivity index (χ2n) is 5.83. The number of hydrogen-bond acceptors (Lipinski definition) is 3. The van der Waals surface area contributed by atoms with Crippen molar-refractivity contribution in [1.82, 2.24) is 10.3 Å². The number of halogens is 3. The fraction of sp³-hybridized carbons (Fsp3) is 0.750. The first-order valence-corrected chi connectivity index (χ1v) is 6.79. The molecule has 1 N–H and O–H groups in total. The van der Waals surface area contributed by atoms with Crippen LogP contribution in [-0.2, 0) is 12.0 Å². The van der Waals surface area contributed by atoms with E-state index in [4.69, 9.17) is 0 Å². The Hall–Kier alpha value is -0.620. The quantitative estimate of drug-likeness (QED) is 0.913. The van der Waals surface area contributed by atoms with E-state index in [1.54, 1.807) is 0 Å². The number of aromatic nitrogens is 1. The standard InChI is InChI=1S/C12H17F3N2S/c1-10(2,3)9-17-8(7-18-9)6-16-11(4-5-11)12(13,14)15/h7,16H,4-6H2,1-3H3. The highest BCUT2D eigenvalue weighted by atomic mass is 32.1. The van der Waals surface area contributed by atoms with Gasteiger partial charge < -0.3 is 0 Å². The highest BCUT2D eigenvalue weighted by Gasteiger charge is 2.62. The Kier molecular flexibility index (Phi) is 3.22. The lowest BCUT2D eigenvalue weighted by Gasteiger charge is -2.20. The van der Waals surface area contributed by atoms with E-state index in [2.05, 4.69) is 10.3 Å². The van der Waals surface area contributed by atoms with Crippen molar-refractivity contribution in [2.45, 2.75) is 57.3 Å². The topological polar surface area (TPSA) is 24.9 Å². The van der Waals surface area contributed by atoms with Gasteiger partial charge in [-0.05, 0) is 12.8 Å². The van der Waals surface area contributed by atoms with Gasteiger partial charge in [-0.25, -0.2) is 4.98 Å². The largest absolute Gasteiger partial charge is 0.406 e. The fourth-order valence-electron chi connectivity index (χ4n) is 1.68. The third-order valence-corrected chi connectivity index (χ3v) is 4.41. The molecule has 0 saturated heterocycles. The van der Waals surface area contributed by atoms with Crippen LogP contribution in [0.4, 0.5) is 13.2 Å². The first-order valence-electron chi connectivity index (χ1n) is 5.91. The van der Waals surface area contributed by atoms with E-state index in [0.717, 1.165) is 5.01 Å². The Morgan fingerprint density at radius 2 is 1.94 bits per heavy atom. The zero-order valence-electron chi connectivity index (χ0n) is 10.7. The molecule has 1 heterocycles. The molecule has 2 rings (SSSR count). The highest BCUT2D eigenvalue weighted by molar-refractivity contribution is 7.09. The van der Waals surface area contributed by atoms with Gasteiger partial charge in [-0.1, -0.05) is 20.8 Å². The zero-order chi connectivity index (χ0) is 13.6. The maximum absolute atomic E-state index is 12.7. The predicted octanol–water partition coefficient (Wildman–Crippen LogP) is 3.63. The molecule has 0 unspecified atom stereocenters. The van der Waals surface area contributed by atoms with Crippen molar-refractivity contribution in [3.8, 4) is 0 Å². The summed E-state index contributed by atoms with van der Waals surface area (Å²) >= 11 is 1.50. The predicted molar refractivity (Wildman–Crippen MR) is 65.7 cm³/mol. The molecule has 0 aliphatic heterocycles. The first-order chi connectivity index (χ1) is 8.14. The van der Waals surface area contributed by atoms with Crippen LogP contribution in [0.15, 0.2) is 5.38 Å². The SMILES string of the molecule is CC(C)(C)c1nc(CNC2(C(F)(F)F)CC2)cs1. The van der Waals surface area contributed by atoms with Crippen LogP contribution in [0.3, 0.4) is 0 Å². The lowest BCUT2D eigenvalue weighted by atomic mass is 9.98. The molecule has 0 atom stereocenters. The van der Waals surface area contributed by atoms with Gasteiger partial charge in [0.05, 0.1) is 10.7 Å². The van der Waals surface area contributed by atoms with Crippen LogP contribution < -0.4 is 5.32 Å². The summed E-state index contributed by atoms with van der Waals surface area (Å²) in [6.07, 6.45) is -3.81. The van der Waals surface area contributed by atoms with Crippen LogP contribution in [0.5, 0.6) is 0 Å². The van der Waals surface area contributed by atoms with Gasteiger partial charge in [-0.3, -0.25) is 5.32 Å². The van der Waals surface area contributed by atoms with E-state index in [-0.39, 0.29) is 24.8 Å². The summed E-state index contributed by atoms with van der Waals surface area (Å²) in [5.41, 5.74) is -1.01. The maximum atomic E-state index is 12.7. The smallest absolute Gasteiger partial charge is 0.298 e. The highest BCUT2D eigenvalue weighted by Crippen LogP contribution is 2.49. The Labute approximate surface area is 109 Å². The summed E-state index contributed by atoms with van der Waals surface area (Å²) in [4.78, 5) is 4.38. The van der Waals surface area contributed by atoms with Gasteiger partial charge in [0.15, 0.2) is 0 Å². The maximum Gasteiger partial charge on any atom is 0.406 e. The molecule has 0 aromatic carbocycles. The Morgan fingerprint density at radius 1 is 1.33 bits per heavy atom. The van der Waals surface area contributed by atoms with E-state index < -0.39 is 11.7 Å². The minimum absolute atomic E-state index is 0.0514. The van der Waals surface area contributed by atoms with Gasteiger partial charge in [0.25, 0.3) is 0 Å². The van der Waals surface area contributed by atoms with Gasteiger partial charge in [-0.2, -0.15) is 13.2 Å². The molecule has 1 aromatic heterocycles. The molecule has 0 radical (unpaired) electrons. The Bertz CT molecular complexity index is 427. The third-order valence-electron chi connectivity index (χ3n) is 3.09. The van der Waals surface area contributed by atoms with Crippen molar-refractivity contribution in [1.29, 1.82) is 0 Å². The molecular formula is C12H17F3N2S. The average molecular weight is 278 g/mol. The minimum Gasteiger partial charge on any atom is -0.298 e. The van der Waals surface area contributed by atoms with Gasteiger partial charge in [0.2, 0.25) is 0 Å². The summed E-state index contributed by atoms with van der Waals surface area (Å²) in [7, 11) is 0. The number of thiazole rings is 1. The Morgan fingerprint density at radius 3 is 2.33 bits per heavy atom. The summed E-state index contributed by atoms with van der Waals surface area (Å²) in [5.74, 6) is 0. The van der Waals surface area contributed by atoms with Gasteiger partial charge in [-0.15, -0.1) is 11.3 Å². The van der Waals surface area contributed by atoms with Crippen molar-refractivity contribution in [2.75, 3.05) is 0 Å². The van der Waals surface area contributed by atoms with E-state index in [0.29, 0.717) is 5.69 Å². The molecule has 2 nitrogen and oxygen atoms in total. The van der Waals surface area contributed by atoms with Crippen molar-refractivity contribution >= 4 is 11.3 Å². The number of rotatable bonds is 3. The number of hydrogen-bond donors (Lipinski definition) is 1. The lowest BCUT2D eigenvalue weighted by Crippen LogP contribution is -2.44. The molecule has 1 aliphatic rings. The van der Waals surface area contributed by atoms with E-state index >= 15 is 0 Å². The second kappa shape index (κ2) is 4.20. The average Bonchev–Trinajstić information content (AvgIpc) is 2.85. The molecule has 102 valence electrons. The Balaban J connectivity index is 1.98. The van der Waals surface area contributed by atoms with Crippen LogP contribution in [0.2, 0.25) is 0 Å². The summed E-state index contributed by atoms with van der Waals surface area (Å²) in [5, 5.41) is 5.40. The molecule has 18 heavy (non-hydrogen) atoms. The second-order valence-corrected chi connectivity index (χ2v) is 6.69. The lowest BCUT2D eigenvalue weighted by molar-refractivity contribution is -0.166. The number of nitrogens with zero attached hydrogens (tertiary/aromatic N) is 1. The monoisotopic (exact) mass is 278 g/mol. The number of alkyl halides is 3. The molecule has 0 amide bonds. The molecule has 6 heteroatoms. The molecule has 1 aliphatic carbocycles. The molecule has 0 bridgehead atoms. The molecule has 1 saturated carbocycles. The van der Waals surface area contributed by atoms with Crippen molar-refractivity contribution < 1.29 is 13.2 Å². The minimum atomic E-state index is -4.16. The van der Waals surface area contributed by atoms with E-state index in [9.17, 15) is 13.2 Å². The van der Waals surface area contributed by atoms with Crippen LogP contribution in [0.25, 0.3) is 0 Å². The normalized spacial score (nSPS) is 19.0. The first kappa shape index (κ1) is 13.8.